The number of hydrogen-bond acceptors (Lipinski definition) is 4. The summed E-state index contributed by atoms with van der Waals surface area (Å²) in [6, 6.07) is 18.1. The molecule has 0 radical (unpaired) electrons. The van der Waals surface area contributed by atoms with Gasteiger partial charge in [0.05, 0.1) is 9.26 Å². The normalized spacial score (nSPS) is 14.3. The van der Waals surface area contributed by atoms with E-state index < -0.39 is 30.2 Å². The maximum atomic E-state index is 13.7. The van der Waals surface area contributed by atoms with E-state index in [9.17, 15) is 18.8 Å². The first kappa shape index (κ1) is 24.9. The molecule has 1 aliphatic heterocycles. The SMILES string of the molecule is O=C(CN1C(=O)N/C(=C/c2ccc(OCc3ccc(Br)cc3)c(I)c2)C1=O)Nc1ccccc1F. The van der Waals surface area contributed by atoms with Crippen LogP contribution in [-0.2, 0) is 16.2 Å². The molecule has 7 nitrogen and oxygen atoms in total. The molecule has 1 saturated heterocycles. The van der Waals surface area contributed by atoms with Crippen LogP contribution in [0.5, 0.6) is 5.75 Å². The van der Waals surface area contributed by atoms with Crippen LogP contribution in [0.2, 0.25) is 0 Å². The highest BCUT2D eigenvalue weighted by atomic mass is 127. The monoisotopic (exact) mass is 649 g/mol. The summed E-state index contributed by atoms with van der Waals surface area (Å²) in [7, 11) is 0. The molecule has 3 aromatic carbocycles. The van der Waals surface area contributed by atoms with Gasteiger partial charge in [0.15, 0.2) is 0 Å². The Hall–Kier alpha value is -3.25. The molecule has 1 heterocycles. The molecule has 0 aliphatic carbocycles. The Morgan fingerprint density at radius 1 is 1.11 bits per heavy atom. The van der Waals surface area contributed by atoms with Gasteiger partial charge in [0.1, 0.15) is 30.4 Å². The molecule has 1 aliphatic rings. The summed E-state index contributed by atoms with van der Waals surface area (Å²) >= 11 is 5.54. The van der Waals surface area contributed by atoms with Crippen LogP contribution in [-0.4, -0.2) is 29.3 Å². The Labute approximate surface area is 222 Å². The zero-order valence-electron chi connectivity index (χ0n) is 18.1. The number of halogens is 3. The average molecular weight is 650 g/mol. The third-order valence-corrected chi connectivity index (χ3v) is 6.36. The topological polar surface area (TPSA) is 87.7 Å². The molecular formula is C25H18BrFIN3O4. The summed E-state index contributed by atoms with van der Waals surface area (Å²) in [5, 5.41) is 4.83. The second kappa shape index (κ2) is 11.0. The van der Waals surface area contributed by atoms with E-state index in [1.54, 1.807) is 18.2 Å². The Morgan fingerprint density at radius 2 is 1.86 bits per heavy atom. The summed E-state index contributed by atoms with van der Waals surface area (Å²) in [5.74, 6) is -1.27. The van der Waals surface area contributed by atoms with Gasteiger partial charge in [-0.25, -0.2) is 14.1 Å². The molecule has 0 unspecified atom stereocenters. The predicted octanol–water partition coefficient (Wildman–Crippen LogP) is 5.30. The smallest absolute Gasteiger partial charge is 0.329 e. The molecule has 3 aromatic rings. The predicted molar refractivity (Wildman–Crippen MR) is 141 cm³/mol. The van der Waals surface area contributed by atoms with Gasteiger partial charge >= 0.3 is 6.03 Å². The number of nitrogens with one attached hydrogen (secondary N) is 2. The van der Waals surface area contributed by atoms with Crippen molar-refractivity contribution in [3.05, 3.63) is 97.4 Å². The summed E-state index contributed by atoms with van der Waals surface area (Å²) in [4.78, 5) is 38.0. The molecule has 10 heteroatoms. The number of carbonyl (C=O) groups is 3. The van der Waals surface area contributed by atoms with Gasteiger partial charge in [0.2, 0.25) is 5.91 Å². The van der Waals surface area contributed by atoms with Crippen LogP contribution in [0.25, 0.3) is 6.08 Å². The Morgan fingerprint density at radius 3 is 2.57 bits per heavy atom. The third-order valence-electron chi connectivity index (χ3n) is 4.99. The number of hydrogen-bond donors (Lipinski definition) is 2. The molecule has 1 fully saturated rings. The Balaban J connectivity index is 1.40. The Kier molecular flexibility index (Phi) is 7.81. The zero-order valence-corrected chi connectivity index (χ0v) is 21.8. The third kappa shape index (κ3) is 6.25. The highest BCUT2D eigenvalue weighted by molar-refractivity contribution is 14.1. The molecule has 4 amide bonds. The summed E-state index contributed by atoms with van der Waals surface area (Å²) in [5.41, 5.74) is 1.70. The second-order valence-corrected chi connectivity index (χ2v) is 9.59. The number of imide groups is 1. The highest BCUT2D eigenvalue weighted by Gasteiger charge is 2.35. The van der Waals surface area contributed by atoms with Crippen molar-refractivity contribution in [1.82, 2.24) is 10.2 Å². The first-order valence-electron chi connectivity index (χ1n) is 10.4. The quantitative estimate of drug-likeness (QED) is 0.207. The van der Waals surface area contributed by atoms with Gasteiger partial charge < -0.3 is 15.4 Å². The summed E-state index contributed by atoms with van der Waals surface area (Å²) in [6.45, 7) is -0.140. The van der Waals surface area contributed by atoms with E-state index in [-0.39, 0.29) is 11.4 Å². The van der Waals surface area contributed by atoms with Crippen molar-refractivity contribution < 1.29 is 23.5 Å². The molecule has 0 bridgehead atoms. The van der Waals surface area contributed by atoms with Crippen LogP contribution in [0.15, 0.2) is 76.9 Å². The van der Waals surface area contributed by atoms with E-state index in [4.69, 9.17) is 4.74 Å². The molecule has 0 aromatic heterocycles. The van der Waals surface area contributed by atoms with Gasteiger partial charge in [0, 0.05) is 4.47 Å². The van der Waals surface area contributed by atoms with Crippen molar-refractivity contribution in [3.8, 4) is 5.75 Å². The lowest BCUT2D eigenvalue weighted by Gasteiger charge is -2.12. The van der Waals surface area contributed by atoms with Crippen molar-refractivity contribution in [2.24, 2.45) is 0 Å². The number of anilines is 1. The lowest BCUT2D eigenvalue weighted by Crippen LogP contribution is -2.38. The van der Waals surface area contributed by atoms with Crippen LogP contribution in [0.1, 0.15) is 11.1 Å². The number of ether oxygens (including phenoxy) is 1. The van der Waals surface area contributed by atoms with Gasteiger partial charge in [-0.2, -0.15) is 0 Å². The fourth-order valence-electron chi connectivity index (χ4n) is 3.24. The number of nitrogens with zero attached hydrogens (tertiary/aromatic N) is 1. The summed E-state index contributed by atoms with van der Waals surface area (Å²) in [6.07, 6.45) is 1.52. The van der Waals surface area contributed by atoms with E-state index in [0.717, 1.165) is 18.5 Å². The molecule has 0 spiro atoms. The lowest BCUT2D eigenvalue weighted by atomic mass is 10.2. The first-order chi connectivity index (χ1) is 16.8. The number of rotatable bonds is 7. The fourth-order valence-corrected chi connectivity index (χ4v) is 4.20. The van der Waals surface area contributed by atoms with Crippen LogP contribution >= 0.6 is 38.5 Å². The van der Waals surface area contributed by atoms with Crippen molar-refractivity contribution >= 4 is 68.1 Å². The largest absolute Gasteiger partial charge is 0.488 e. The maximum absolute atomic E-state index is 13.7. The minimum Gasteiger partial charge on any atom is -0.488 e. The number of urea groups is 1. The Bertz CT molecular complexity index is 1330. The number of benzene rings is 3. The molecular weight excluding hydrogens is 632 g/mol. The zero-order chi connectivity index (χ0) is 24.9. The molecule has 178 valence electrons. The van der Waals surface area contributed by atoms with Crippen molar-refractivity contribution in [1.29, 1.82) is 0 Å². The van der Waals surface area contributed by atoms with E-state index in [1.165, 1.54) is 24.3 Å². The molecule has 4 rings (SSSR count). The standard InChI is InChI=1S/C25H18BrFIN3O4/c26-17-8-5-15(6-9-17)14-35-22-10-7-16(11-19(22)28)12-21-24(33)31(25(34)30-21)13-23(32)29-20-4-2-1-3-18(20)27/h1-12H,13-14H2,(H,29,32)(H,30,34)/b21-12+. The first-order valence-corrected chi connectivity index (χ1v) is 12.2. The van der Waals surface area contributed by atoms with Crippen molar-refractivity contribution in [2.45, 2.75) is 6.61 Å². The molecule has 0 saturated carbocycles. The van der Waals surface area contributed by atoms with E-state index in [2.05, 4.69) is 49.2 Å². The lowest BCUT2D eigenvalue weighted by molar-refractivity contribution is -0.127. The molecule has 35 heavy (non-hydrogen) atoms. The van der Waals surface area contributed by atoms with Crippen LogP contribution in [0.3, 0.4) is 0 Å². The molecule has 2 N–H and O–H groups in total. The van der Waals surface area contributed by atoms with Crippen LogP contribution in [0, 0.1) is 9.39 Å². The number of para-hydroxylation sites is 1. The fraction of sp³-hybridized carbons (Fsp3) is 0.0800. The van der Waals surface area contributed by atoms with Gasteiger partial charge in [-0.05, 0) is 76.2 Å². The van der Waals surface area contributed by atoms with Crippen LogP contribution < -0.4 is 15.4 Å². The van der Waals surface area contributed by atoms with Gasteiger partial charge in [-0.1, -0.05) is 46.3 Å². The number of carbonyl (C=O) groups excluding carboxylic acids is 3. The minimum absolute atomic E-state index is 0.0302. The van der Waals surface area contributed by atoms with E-state index >= 15 is 0 Å². The van der Waals surface area contributed by atoms with Gasteiger partial charge in [-0.3, -0.25) is 9.59 Å². The van der Waals surface area contributed by atoms with Gasteiger partial charge in [-0.15, -0.1) is 0 Å². The summed E-state index contributed by atoms with van der Waals surface area (Å²) < 4.78 is 21.4. The van der Waals surface area contributed by atoms with E-state index in [0.29, 0.717) is 17.9 Å². The van der Waals surface area contributed by atoms with E-state index in [1.807, 2.05) is 30.3 Å². The van der Waals surface area contributed by atoms with Crippen LogP contribution in [0.4, 0.5) is 14.9 Å². The minimum atomic E-state index is -0.728. The second-order valence-electron chi connectivity index (χ2n) is 7.51. The van der Waals surface area contributed by atoms with Gasteiger partial charge in [0.25, 0.3) is 5.91 Å². The van der Waals surface area contributed by atoms with Crippen molar-refractivity contribution in [2.75, 3.05) is 11.9 Å². The van der Waals surface area contributed by atoms with Crippen molar-refractivity contribution in [3.63, 3.8) is 0 Å². The average Bonchev–Trinajstić information content (AvgIpc) is 3.08. The highest BCUT2D eigenvalue weighted by Crippen LogP contribution is 2.25. The number of amides is 4. The maximum Gasteiger partial charge on any atom is 0.329 e. The molecule has 0 atom stereocenters.